The number of hydrogen-bond acceptors (Lipinski definition) is 4. The monoisotopic (exact) mass is 393 g/mol. The summed E-state index contributed by atoms with van der Waals surface area (Å²) in [6.45, 7) is 3.36. The van der Waals surface area contributed by atoms with E-state index in [2.05, 4.69) is 45.8 Å². The van der Waals surface area contributed by atoms with Crippen LogP contribution in [-0.4, -0.2) is 37.4 Å². The zero-order chi connectivity index (χ0) is 19.2. The highest BCUT2D eigenvalue weighted by atomic mass is 35.5. The molecule has 4 rings (SSSR count). The number of morpholine rings is 1. The molecular weight excluding hydrogens is 370 g/mol. The highest BCUT2D eigenvalue weighted by Crippen LogP contribution is 2.35. The van der Waals surface area contributed by atoms with Gasteiger partial charge in [-0.15, -0.1) is 0 Å². The van der Waals surface area contributed by atoms with E-state index in [-0.39, 0.29) is 0 Å². The van der Waals surface area contributed by atoms with E-state index in [9.17, 15) is 0 Å². The minimum atomic E-state index is 0.665. The van der Waals surface area contributed by atoms with Gasteiger partial charge in [-0.1, -0.05) is 54.1 Å². The van der Waals surface area contributed by atoms with Gasteiger partial charge >= 0.3 is 0 Å². The molecule has 1 fully saturated rings. The normalized spacial score (nSPS) is 19.0. The van der Waals surface area contributed by atoms with E-state index in [0.717, 1.165) is 44.8 Å². The molecule has 1 aliphatic carbocycles. The third-order valence-corrected chi connectivity index (χ3v) is 5.35. The largest absolute Gasteiger partial charge is 0.378 e. The molecular formula is C23H24ClN3O. The third kappa shape index (κ3) is 4.46. The number of benzene rings is 2. The first-order chi connectivity index (χ1) is 13.8. The Labute approximate surface area is 171 Å². The lowest BCUT2D eigenvalue weighted by Crippen LogP contribution is -2.36. The first-order valence-corrected chi connectivity index (χ1v) is 10.0. The van der Waals surface area contributed by atoms with Crippen LogP contribution in [0.2, 0.25) is 5.02 Å². The summed E-state index contributed by atoms with van der Waals surface area (Å²) in [4.78, 5) is 2.43. The summed E-state index contributed by atoms with van der Waals surface area (Å²) in [6, 6.07) is 18.1. The minimum absolute atomic E-state index is 0.665. The van der Waals surface area contributed by atoms with Gasteiger partial charge in [0.2, 0.25) is 0 Å². The van der Waals surface area contributed by atoms with Crippen molar-refractivity contribution in [2.75, 3.05) is 31.7 Å². The summed E-state index contributed by atoms with van der Waals surface area (Å²) in [5, 5.41) is 5.13. The topological polar surface area (TPSA) is 36.9 Å². The third-order valence-electron chi connectivity index (χ3n) is 5.02. The Bertz CT molecular complexity index is 899. The highest BCUT2D eigenvalue weighted by molar-refractivity contribution is 6.33. The van der Waals surface area contributed by atoms with Crippen LogP contribution in [-0.2, 0) is 4.74 Å². The Kier molecular flexibility index (Phi) is 6.10. The molecule has 0 radical (unpaired) electrons. The van der Waals surface area contributed by atoms with E-state index in [1.807, 2.05) is 36.5 Å². The van der Waals surface area contributed by atoms with Crippen LogP contribution in [0.25, 0.3) is 6.08 Å². The van der Waals surface area contributed by atoms with Crippen molar-refractivity contribution in [1.29, 1.82) is 0 Å². The molecule has 1 aliphatic heterocycles. The zero-order valence-corrected chi connectivity index (χ0v) is 16.5. The predicted molar refractivity (Wildman–Crippen MR) is 117 cm³/mol. The molecule has 1 saturated heterocycles. The smallest absolute Gasteiger partial charge is 0.0748 e. The first kappa shape index (κ1) is 18.8. The fourth-order valence-electron chi connectivity index (χ4n) is 3.65. The number of ether oxygens (including phenoxy) is 1. The zero-order valence-electron chi connectivity index (χ0n) is 15.8. The number of nitrogens with zero attached hydrogens (tertiary/aromatic N) is 2. The van der Waals surface area contributed by atoms with Crippen molar-refractivity contribution in [1.82, 2.24) is 4.90 Å². The van der Waals surface area contributed by atoms with Crippen molar-refractivity contribution in [3.63, 3.8) is 0 Å². The fourth-order valence-corrected chi connectivity index (χ4v) is 3.83. The molecule has 0 unspecified atom stereocenters. The molecule has 0 spiro atoms. The fraction of sp³-hybridized carbons (Fsp3) is 0.261. The maximum Gasteiger partial charge on any atom is 0.0748 e. The van der Waals surface area contributed by atoms with Gasteiger partial charge in [0.1, 0.15) is 0 Å². The van der Waals surface area contributed by atoms with Crippen LogP contribution in [0.15, 0.2) is 76.5 Å². The minimum Gasteiger partial charge on any atom is -0.378 e. The van der Waals surface area contributed by atoms with E-state index in [1.165, 1.54) is 22.4 Å². The number of anilines is 1. The van der Waals surface area contributed by atoms with Gasteiger partial charge in [-0.25, -0.2) is 0 Å². The van der Waals surface area contributed by atoms with Crippen LogP contribution in [0, 0.1) is 0 Å². The number of nitrogens with one attached hydrogen (secondary N) is 1. The molecule has 0 saturated carbocycles. The lowest BCUT2D eigenvalue weighted by molar-refractivity contribution is 0.0548. The summed E-state index contributed by atoms with van der Waals surface area (Å²) in [5.74, 6) is 0. The van der Waals surface area contributed by atoms with Gasteiger partial charge in [0.05, 0.1) is 30.1 Å². The van der Waals surface area contributed by atoms with Gasteiger partial charge in [-0.05, 0) is 47.8 Å². The molecule has 0 bridgehead atoms. The molecule has 2 aromatic carbocycles. The van der Waals surface area contributed by atoms with Gasteiger partial charge < -0.3 is 9.64 Å². The van der Waals surface area contributed by atoms with E-state index >= 15 is 0 Å². The summed E-state index contributed by atoms with van der Waals surface area (Å²) in [5.41, 5.74) is 9.04. The lowest BCUT2D eigenvalue weighted by Gasteiger charge is -2.31. The molecule has 5 heteroatoms. The summed E-state index contributed by atoms with van der Waals surface area (Å²) < 4.78 is 5.56. The molecule has 0 amide bonds. The van der Waals surface area contributed by atoms with E-state index in [1.54, 1.807) is 0 Å². The maximum atomic E-state index is 6.20. The van der Waals surface area contributed by atoms with Crippen molar-refractivity contribution >= 4 is 29.6 Å². The quantitative estimate of drug-likeness (QED) is 0.560. The number of hydrazone groups is 1. The second-order valence-electron chi connectivity index (χ2n) is 6.90. The maximum absolute atomic E-state index is 6.20. The number of rotatable bonds is 5. The highest BCUT2D eigenvalue weighted by Gasteiger charge is 2.25. The SMILES string of the molecule is Clc1ccccc1N/N=C\C1=C(N2CCOCC2)C(=C/c2ccccc2)/CC1. The van der Waals surface area contributed by atoms with E-state index < -0.39 is 0 Å². The Morgan fingerprint density at radius 3 is 2.50 bits per heavy atom. The number of para-hydroxylation sites is 1. The van der Waals surface area contributed by atoms with Crippen LogP contribution in [0.5, 0.6) is 0 Å². The Morgan fingerprint density at radius 2 is 1.71 bits per heavy atom. The predicted octanol–water partition coefficient (Wildman–Crippen LogP) is 5.20. The van der Waals surface area contributed by atoms with Crippen LogP contribution < -0.4 is 5.43 Å². The van der Waals surface area contributed by atoms with E-state index in [4.69, 9.17) is 16.3 Å². The van der Waals surface area contributed by atoms with Gasteiger partial charge in [0.25, 0.3) is 0 Å². The van der Waals surface area contributed by atoms with Gasteiger partial charge in [0, 0.05) is 18.8 Å². The van der Waals surface area contributed by atoms with Gasteiger partial charge in [0.15, 0.2) is 0 Å². The number of halogens is 1. The van der Waals surface area contributed by atoms with Crippen LogP contribution in [0.1, 0.15) is 18.4 Å². The van der Waals surface area contributed by atoms with Crippen molar-refractivity contribution in [2.24, 2.45) is 5.10 Å². The molecule has 0 atom stereocenters. The van der Waals surface area contributed by atoms with Crippen LogP contribution in [0.4, 0.5) is 5.69 Å². The second-order valence-corrected chi connectivity index (χ2v) is 7.31. The molecule has 2 aromatic rings. The second kappa shape index (κ2) is 9.09. The summed E-state index contributed by atoms with van der Waals surface area (Å²) in [6.07, 6.45) is 6.25. The summed E-state index contributed by atoms with van der Waals surface area (Å²) >= 11 is 6.20. The molecule has 4 nitrogen and oxygen atoms in total. The molecule has 2 aliphatic rings. The van der Waals surface area contributed by atoms with Crippen LogP contribution >= 0.6 is 11.6 Å². The molecule has 144 valence electrons. The molecule has 0 aromatic heterocycles. The molecule has 1 N–H and O–H groups in total. The Morgan fingerprint density at radius 1 is 0.964 bits per heavy atom. The van der Waals surface area contributed by atoms with Crippen molar-refractivity contribution in [3.8, 4) is 0 Å². The molecule has 28 heavy (non-hydrogen) atoms. The number of allylic oxidation sites excluding steroid dienone is 2. The lowest BCUT2D eigenvalue weighted by atomic mass is 10.1. The first-order valence-electron chi connectivity index (χ1n) is 9.67. The van der Waals surface area contributed by atoms with Crippen LogP contribution in [0.3, 0.4) is 0 Å². The number of hydrogen-bond donors (Lipinski definition) is 1. The van der Waals surface area contributed by atoms with Crippen molar-refractivity contribution in [2.45, 2.75) is 12.8 Å². The average molecular weight is 394 g/mol. The standard InChI is InChI=1S/C23H24ClN3O/c24-21-8-4-5-9-22(21)26-25-17-20-11-10-19(16-18-6-2-1-3-7-18)23(20)27-12-14-28-15-13-27/h1-9,16-17,26H,10-15H2/b19-16+,25-17-. The van der Waals surface area contributed by atoms with E-state index in [0.29, 0.717) is 5.02 Å². The van der Waals surface area contributed by atoms with Gasteiger partial charge in [-0.2, -0.15) is 5.10 Å². The van der Waals surface area contributed by atoms with Crippen molar-refractivity contribution < 1.29 is 4.74 Å². The molecule has 1 heterocycles. The average Bonchev–Trinajstić information content (AvgIpc) is 3.13. The Hall–Kier alpha value is -2.56. The summed E-state index contributed by atoms with van der Waals surface area (Å²) in [7, 11) is 0. The van der Waals surface area contributed by atoms with Gasteiger partial charge in [-0.3, -0.25) is 5.43 Å². The Balaban J connectivity index is 1.61. The van der Waals surface area contributed by atoms with Crippen molar-refractivity contribution in [3.05, 3.63) is 82.0 Å².